The second-order valence-electron chi connectivity index (χ2n) is 3.28. The Morgan fingerprint density at radius 1 is 1.47 bits per heavy atom. The fraction of sp³-hybridized carbons (Fsp3) is 0.200. The fourth-order valence-corrected chi connectivity index (χ4v) is 1.99. The molecule has 0 saturated heterocycles. The van der Waals surface area contributed by atoms with Crippen molar-refractivity contribution in [3.05, 3.63) is 29.3 Å². The van der Waals surface area contributed by atoms with E-state index in [0.29, 0.717) is 11.0 Å². The highest BCUT2D eigenvalue weighted by atomic mass is 32.2. The topological polar surface area (TPSA) is 89.1 Å². The van der Waals surface area contributed by atoms with Gasteiger partial charge in [0.05, 0.1) is 17.5 Å². The number of hydrogen-bond acceptors (Lipinski definition) is 6. The van der Waals surface area contributed by atoms with Crippen molar-refractivity contribution in [2.75, 3.05) is 0 Å². The second kappa shape index (κ2) is 4.54. The number of aromatic carboxylic acids is 1. The molecule has 7 heteroatoms. The van der Waals surface area contributed by atoms with Gasteiger partial charge < -0.3 is 9.52 Å². The van der Waals surface area contributed by atoms with Gasteiger partial charge >= 0.3 is 5.97 Å². The third-order valence-corrected chi connectivity index (χ3v) is 2.95. The predicted octanol–water partition coefficient (Wildman–Crippen LogP) is 1.93. The molecular weight excluding hydrogens is 242 g/mol. The van der Waals surface area contributed by atoms with Crippen LogP contribution < -0.4 is 0 Å². The normalized spacial score (nSPS) is 10.5. The molecule has 0 radical (unpaired) electrons. The molecular formula is C10H9N3O3S. The van der Waals surface area contributed by atoms with Gasteiger partial charge in [-0.15, -0.1) is 5.10 Å². The molecule has 0 aliphatic heterocycles. The van der Waals surface area contributed by atoms with E-state index < -0.39 is 5.97 Å². The van der Waals surface area contributed by atoms with E-state index in [1.807, 2.05) is 6.92 Å². The van der Waals surface area contributed by atoms with Crippen LogP contribution in [0.3, 0.4) is 0 Å². The number of carboxylic acids is 1. The Bertz CT molecular complexity index is 548. The Hall–Kier alpha value is -1.89. The van der Waals surface area contributed by atoms with E-state index in [9.17, 15) is 4.79 Å². The molecule has 0 bridgehead atoms. The van der Waals surface area contributed by atoms with Crippen LogP contribution in [0.25, 0.3) is 0 Å². The van der Waals surface area contributed by atoms with E-state index >= 15 is 0 Å². The quantitative estimate of drug-likeness (QED) is 0.891. The van der Waals surface area contributed by atoms with Crippen molar-refractivity contribution in [2.24, 2.45) is 0 Å². The van der Waals surface area contributed by atoms with Gasteiger partial charge in [-0.1, -0.05) is 0 Å². The molecule has 6 nitrogen and oxygen atoms in total. The summed E-state index contributed by atoms with van der Waals surface area (Å²) in [4.78, 5) is 15.1. The molecule has 0 spiro atoms. The van der Waals surface area contributed by atoms with Crippen LogP contribution in [-0.4, -0.2) is 26.3 Å². The lowest BCUT2D eigenvalue weighted by Crippen LogP contribution is -2.01. The predicted molar refractivity (Wildman–Crippen MR) is 59.1 cm³/mol. The number of nitrogens with zero attached hydrogens (tertiary/aromatic N) is 3. The molecule has 0 atom stereocenters. The Morgan fingerprint density at radius 2 is 2.24 bits per heavy atom. The minimum atomic E-state index is -1.05. The summed E-state index contributed by atoms with van der Waals surface area (Å²) >= 11 is 1.05. The molecule has 1 N–H and O–H groups in total. The summed E-state index contributed by atoms with van der Waals surface area (Å²) in [7, 11) is 0. The molecule has 2 aromatic rings. The van der Waals surface area contributed by atoms with Crippen LogP contribution in [0.2, 0.25) is 0 Å². The third kappa shape index (κ3) is 2.44. The Labute approximate surface area is 101 Å². The van der Waals surface area contributed by atoms with E-state index in [0.717, 1.165) is 17.5 Å². The number of carbonyl (C=O) groups is 1. The molecule has 0 saturated carbocycles. The van der Waals surface area contributed by atoms with Gasteiger partial charge in [0.15, 0.2) is 0 Å². The maximum Gasteiger partial charge on any atom is 0.338 e. The highest BCUT2D eigenvalue weighted by molar-refractivity contribution is 7.99. The SMILES string of the molecule is Cc1nc(Sc2nnccc2C(=O)O)oc1C. The maximum absolute atomic E-state index is 11.0. The highest BCUT2D eigenvalue weighted by Crippen LogP contribution is 2.28. The van der Waals surface area contributed by atoms with Gasteiger partial charge in [-0.2, -0.15) is 5.10 Å². The average Bonchev–Trinajstić information content (AvgIpc) is 2.58. The van der Waals surface area contributed by atoms with Gasteiger partial charge in [-0.3, -0.25) is 0 Å². The molecule has 2 aromatic heterocycles. The van der Waals surface area contributed by atoms with Gasteiger partial charge in [0.1, 0.15) is 10.8 Å². The van der Waals surface area contributed by atoms with Crippen molar-refractivity contribution in [3.8, 4) is 0 Å². The average molecular weight is 251 g/mol. The van der Waals surface area contributed by atoms with Gasteiger partial charge in [0, 0.05) is 0 Å². The van der Waals surface area contributed by atoms with Crippen LogP contribution in [0, 0.1) is 13.8 Å². The molecule has 2 heterocycles. The molecule has 0 aromatic carbocycles. The molecule has 88 valence electrons. The van der Waals surface area contributed by atoms with Crippen molar-refractivity contribution in [2.45, 2.75) is 24.1 Å². The van der Waals surface area contributed by atoms with E-state index in [1.54, 1.807) is 6.92 Å². The third-order valence-electron chi connectivity index (χ3n) is 2.11. The number of carboxylic acid groups (broad SMARTS) is 1. The van der Waals surface area contributed by atoms with E-state index in [1.165, 1.54) is 12.3 Å². The zero-order chi connectivity index (χ0) is 12.4. The summed E-state index contributed by atoms with van der Waals surface area (Å²) in [6, 6.07) is 1.39. The summed E-state index contributed by atoms with van der Waals surface area (Å²) in [5, 5.41) is 17.0. The van der Waals surface area contributed by atoms with Crippen molar-refractivity contribution >= 4 is 17.7 Å². The van der Waals surface area contributed by atoms with Crippen molar-refractivity contribution in [1.29, 1.82) is 0 Å². The summed E-state index contributed by atoms with van der Waals surface area (Å²) in [6.07, 6.45) is 1.33. The molecule has 0 amide bonds. The lowest BCUT2D eigenvalue weighted by molar-refractivity contribution is 0.0692. The van der Waals surface area contributed by atoms with Gasteiger partial charge in [-0.05, 0) is 31.7 Å². The van der Waals surface area contributed by atoms with Crippen molar-refractivity contribution < 1.29 is 14.3 Å². The Kier molecular flexibility index (Phi) is 3.10. The van der Waals surface area contributed by atoms with E-state index in [-0.39, 0.29) is 10.6 Å². The fourth-order valence-electron chi connectivity index (χ4n) is 1.13. The molecule has 0 aliphatic carbocycles. The second-order valence-corrected chi connectivity index (χ2v) is 4.22. The minimum Gasteiger partial charge on any atom is -0.478 e. The number of hydrogen-bond donors (Lipinski definition) is 1. The zero-order valence-electron chi connectivity index (χ0n) is 9.17. The Balaban J connectivity index is 2.33. The summed E-state index contributed by atoms with van der Waals surface area (Å²) in [6.45, 7) is 3.61. The first-order valence-corrected chi connectivity index (χ1v) is 5.56. The lowest BCUT2D eigenvalue weighted by atomic mass is 10.3. The standard InChI is InChI=1S/C10H9N3O3S/c1-5-6(2)16-10(12-5)17-8-7(9(14)15)3-4-11-13-8/h3-4H,1-2H3,(H,14,15). The van der Waals surface area contributed by atoms with Crippen molar-refractivity contribution in [1.82, 2.24) is 15.2 Å². The molecule has 0 unspecified atom stereocenters. The van der Waals surface area contributed by atoms with E-state index in [2.05, 4.69) is 15.2 Å². The molecule has 0 aliphatic rings. The van der Waals surface area contributed by atoms with Crippen LogP contribution in [0.15, 0.2) is 26.9 Å². The number of oxazole rings is 1. The zero-order valence-corrected chi connectivity index (χ0v) is 9.98. The summed E-state index contributed by atoms with van der Waals surface area (Å²) in [5.41, 5.74) is 0.853. The van der Waals surface area contributed by atoms with Crippen LogP contribution >= 0.6 is 11.8 Å². The first-order valence-electron chi connectivity index (χ1n) is 4.75. The van der Waals surface area contributed by atoms with Gasteiger partial charge in [-0.25, -0.2) is 9.78 Å². The van der Waals surface area contributed by atoms with Crippen LogP contribution in [0.4, 0.5) is 0 Å². The largest absolute Gasteiger partial charge is 0.478 e. The summed E-state index contributed by atoms with van der Waals surface area (Å²) in [5.74, 6) is -0.351. The van der Waals surface area contributed by atoms with Gasteiger partial charge in [0.25, 0.3) is 5.22 Å². The monoisotopic (exact) mass is 251 g/mol. The highest BCUT2D eigenvalue weighted by Gasteiger charge is 2.16. The first-order chi connectivity index (χ1) is 8.08. The van der Waals surface area contributed by atoms with Crippen molar-refractivity contribution in [3.63, 3.8) is 0 Å². The smallest absolute Gasteiger partial charge is 0.338 e. The maximum atomic E-state index is 11.0. The van der Waals surface area contributed by atoms with E-state index in [4.69, 9.17) is 9.52 Å². The molecule has 2 rings (SSSR count). The first kappa shape index (κ1) is 11.6. The lowest BCUT2D eigenvalue weighted by Gasteiger charge is -1.99. The minimum absolute atomic E-state index is 0.0820. The van der Waals surface area contributed by atoms with Crippen LogP contribution in [0.5, 0.6) is 0 Å². The number of aromatic nitrogens is 3. The summed E-state index contributed by atoms with van der Waals surface area (Å²) < 4.78 is 5.34. The van der Waals surface area contributed by atoms with Crippen LogP contribution in [-0.2, 0) is 0 Å². The van der Waals surface area contributed by atoms with Crippen LogP contribution in [0.1, 0.15) is 21.8 Å². The Morgan fingerprint density at radius 3 is 2.82 bits per heavy atom. The molecule has 17 heavy (non-hydrogen) atoms. The molecule has 0 fully saturated rings. The number of rotatable bonds is 3. The van der Waals surface area contributed by atoms with Gasteiger partial charge in [0.2, 0.25) is 0 Å². The number of aryl methyl sites for hydroxylation is 2.